The average Bonchev–Trinajstić information content (AvgIpc) is 3.27. The molecule has 1 unspecified atom stereocenters. The average molecular weight is 474 g/mol. The van der Waals surface area contributed by atoms with E-state index in [1.807, 2.05) is 24.3 Å². The Hall–Kier alpha value is -3.35. The third-order valence-corrected chi connectivity index (χ3v) is 7.81. The molecule has 0 saturated heterocycles. The lowest BCUT2D eigenvalue weighted by molar-refractivity contribution is 0.158. The zero-order valence-electron chi connectivity index (χ0n) is 20.2. The van der Waals surface area contributed by atoms with Gasteiger partial charge in [0.15, 0.2) is 0 Å². The van der Waals surface area contributed by atoms with Crippen LogP contribution in [0.2, 0.25) is 0 Å². The minimum Gasteiger partial charge on any atom is -0.382 e. The second-order valence-electron chi connectivity index (χ2n) is 10.7. The molecule has 0 amide bonds. The van der Waals surface area contributed by atoms with Gasteiger partial charge in [0, 0.05) is 18.0 Å². The van der Waals surface area contributed by atoms with Gasteiger partial charge in [-0.1, -0.05) is 38.8 Å². The molecule has 4 aromatic rings. The molecule has 0 radical (unpaired) electrons. The van der Waals surface area contributed by atoms with Crippen molar-refractivity contribution < 1.29 is 4.39 Å². The number of H-pyrrole nitrogens is 2. The molecule has 3 saturated carbocycles. The molecule has 3 aliphatic carbocycles. The molecule has 3 fully saturated rings. The van der Waals surface area contributed by atoms with Crippen LogP contribution >= 0.6 is 0 Å². The lowest BCUT2D eigenvalue weighted by atomic mass is 9.68. The summed E-state index contributed by atoms with van der Waals surface area (Å²) in [6, 6.07) is 11.3. The molecule has 6 nitrogen and oxygen atoms in total. The Morgan fingerprint density at radius 2 is 1.89 bits per heavy atom. The first-order chi connectivity index (χ1) is 17.0. The van der Waals surface area contributed by atoms with Crippen LogP contribution in [-0.4, -0.2) is 27.5 Å². The van der Waals surface area contributed by atoms with Crippen molar-refractivity contribution >= 4 is 33.3 Å². The fourth-order valence-corrected chi connectivity index (χ4v) is 5.95. The first-order valence-corrected chi connectivity index (χ1v) is 12.8. The summed E-state index contributed by atoms with van der Waals surface area (Å²) in [5.74, 6) is 1.85. The molecule has 4 N–H and O–H groups in total. The van der Waals surface area contributed by atoms with Gasteiger partial charge in [0.2, 0.25) is 0 Å². The van der Waals surface area contributed by atoms with E-state index in [-0.39, 0.29) is 17.4 Å². The Morgan fingerprint density at radius 1 is 1.09 bits per heavy atom. The first kappa shape index (κ1) is 22.1. The van der Waals surface area contributed by atoms with Crippen LogP contribution in [-0.2, 0) is 0 Å². The zero-order valence-corrected chi connectivity index (χ0v) is 20.2. The van der Waals surface area contributed by atoms with Crippen molar-refractivity contribution in [1.82, 2.24) is 15.0 Å². The second kappa shape index (κ2) is 8.70. The summed E-state index contributed by atoms with van der Waals surface area (Å²) in [5.41, 5.74) is 3.56. The maximum atomic E-state index is 15.3. The van der Waals surface area contributed by atoms with E-state index in [0.717, 1.165) is 23.4 Å². The lowest BCUT2D eigenvalue weighted by Crippen LogP contribution is -2.40. The Labute approximate surface area is 203 Å². The molecule has 0 spiro atoms. The fourth-order valence-electron chi connectivity index (χ4n) is 5.95. The molecule has 182 valence electrons. The minimum absolute atomic E-state index is 0.235. The first-order valence-electron chi connectivity index (χ1n) is 12.8. The number of hydrogen-bond donors (Lipinski definition) is 4. The van der Waals surface area contributed by atoms with Crippen molar-refractivity contribution in [2.45, 2.75) is 52.0 Å². The predicted molar refractivity (Wildman–Crippen MR) is 140 cm³/mol. The van der Waals surface area contributed by atoms with Crippen LogP contribution in [0.15, 0.2) is 41.2 Å². The SMILES string of the molecule is CC(C)CNc1cc2[nH]c(=O)c(-c3nc4ccccc4[nH]3)c(NC3CC4CCC3CC4)c2cc1F. The van der Waals surface area contributed by atoms with Crippen molar-refractivity contribution in [3.63, 3.8) is 0 Å². The van der Waals surface area contributed by atoms with Crippen LogP contribution in [0.1, 0.15) is 46.0 Å². The summed E-state index contributed by atoms with van der Waals surface area (Å²) >= 11 is 0. The maximum absolute atomic E-state index is 15.3. The van der Waals surface area contributed by atoms with E-state index in [9.17, 15) is 4.79 Å². The molecule has 35 heavy (non-hydrogen) atoms. The third-order valence-electron chi connectivity index (χ3n) is 7.81. The van der Waals surface area contributed by atoms with Gasteiger partial charge in [0.05, 0.1) is 27.9 Å². The van der Waals surface area contributed by atoms with Gasteiger partial charge < -0.3 is 20.6 Å². The number of imidazole rings is 1. The Bertz CT molecular complexity index is 1410. The smallest absolute Gasteiger partial charge is 0.261 e. The number of nitrogens with zero attached hydrogens (tertiary/aromatic N) is 1. The monoisotopic (exact) mass is 473 g/mol. The zero-order chi connectivity index (χ0) is 24.1. The molecule has 3 aliphatic rings. The van der Waals surface area contributed by atoms with Crippen molar-refractivity contribution in [3.05, 3.63) is 52.6 Å². The van der Waals surface area contributed by atoms with Crippen molar-refractivity contribution in [1.29, 1.82) is 0 Å². The van der Waals surface area contributed by atoms with Gasteiger partial charge in [0.1, 0.15) is 17.2 Å². The number of rotatable bonds is 6. The highest BCUT2D eigenvalue weighted by molar-refractivity contribution is 6.00. The van der Waals surface area contributed by atoms with Crippen molar-refractivity contribution in [2.75, 3.05) is 17.2 Å². The molecule has 2 aromatic heterocycles. The minimum atomic E-state index is -0.325. The van der Waals surface area contributed by atoms with Crippen LogP contribution in [0, 0.1) is 23.6 Å². The number of halogens is 1. The number of benzene rings is 2. The highest BCUT2D eigenvalue weighted by atomic mass is 19.1. The highest BCUT2D eigenvalue weighted by Gasteiger charge is 2.36. The van der Waals surface area contributed by atoms with Gasteiger partial charge in [-0.15, -0.1) is 0 Å². The molecule has 7 heteroatoms. The number of anilines is 2. The number of para-hydroxylation sites is 2. The number of aromatic nitrogens is 3. The van der Waals surface area contributed by atoms with E-state index >= 15 is 4.39 Å². The standard InChI is InChI=1S/C28H32FN5O/c1-15(2)14-30-24-13-23-18(12-19(24)29)26(31-22-11-16-7-9-17(22)10-8-16)25(28(35)34-23)27-32-20-5-3-4-6-21(20)33-27/h3-6,12-13,15-17,22,30H,7-11,14H2,1-2H3,(H,32,33)(H2,31,34,35). The molecular formula is C28H32FN5O. The van der Waals surface area contributed by atoms with Gasteiger partial charge in [-0.3, -0.25) is 4.79 Å². The van der Waals surface area contributed by atoms with E-state index < -0.39 is 0 Å². The quantitative estimate of drug-likeness (QED) is 0.266. The number of fused-ring (bicyclic) bond motifs is 5. The second-order valence-corrected chi connectivity index (χ2v) is 10.7. The van der Waals surface area contributed by atoms with Crippen molar-refractivity contribution in [3.8, 4) is 11.4 Å². The molecule has 0 aliphatic heterocycles. The van der Waals surface area contributed by atoms with Crippen LogP contribution in [0.4, 0.5) is 15.8 Å². The summed E-state index contributed by atoms with van der Waals surface area (Å²) < 4.78 is 15.3. The van der Waals surface area contributed by atoms with E-state index in [1.54, 1.807) is 12.1 Å². The summed E-state index contributed by atoms with van der Waals surface area (Å²) in [6.45, 7) is 4.81. The van der Waals surface area contributed by atoms with Gasteiger partial charge in [-0.25, -0.2) is 9.37 Å². The normalized spacial score (nSPS) is 21.8. The summed E-state index contributed by atoms with van der Waals surface area (Å²) in [4.78, 5) is 24.6. The van der Waals surface area contributed by atoms with Crippen molar-refractivity contribution in [2.24, 2.45) is 17.8 Å². The van der Waals surface area contributed by atoms with Gasteiger partial charge in [0.25, 0.3) is 5.56 Å². The predicted octanol–water partition coefficient (Wildman–Crippen LogP) is 6.27. The van der Waals surface area contributed by atoms with Gasteiger partial charge in [-0.05, 0) is 61.3 Å². The number of pyridine rings is 1. The Morgan fingerprint density at radius 3 is 2.60 bits per heavy atom. The molecule has 2 aromatic carbocycles. The molecule has 2 heterocycles. The number of hydrogen-bond acceptors (Lipinski definition) is 4. The van der Waals surface area contributed by atoms with Gasteiger partial charge >= 0.3 is 0 Å². The van der Waals surface area contributed by atoms with Crippen LogP contribution < -0.4 is 16.2 Å². The summed E-state index contributed by atoms with van der Waals surface area (Å²) in [7, 11) is 0. The Kier molecular flexibility index (Phi) is 5.50. The molecule has 7 rings (SSSR count). The molecule has 2 bridgehead atoms. The lowest BCUT2D eigenvalue weighted by Gasteiger charge is -2.43. The maximum Gasteiger partial charge on any atom is 0.261 e. The van der Waals surface area contributed by atoms with E-state index in [0.29, 0.717) is 52.0 Å². The Balaban J connectivity index is 1.52. The molecule has 1 atom stereocenters. The van der Waals surface area contributed by atoms with Crippen LogP contribution in [0.3, 0.4) is 0 Å². The third kappa shape index (κ3) is 4.07. The number of aromatic amines is 2. The van der Waals surface area contributed by atoms with E-state index in [4.69, 9.17) is 4.98 Å². The van der Waals surface area contributed by atoms with E-state index in [2.05, 4.69) is 34.4 Å². The topological polar surface area (TPSA) is 85.6 Å². The van der Waals surface area contributed by atoms with Crippen LogP contribution in [0.5, 0.6) is 0 Å². The summed E-state index contributed by atoms with van der Waals surface area (Å²) in [6.07, 6.45) is 6.08. The highest BCUT2D eigenvalue weighted by Crippen LogP contribution is 2.44. The largest absolute Gasteiger partial charge is 0.382 e. The van der Waals surface area contributed by atoms with Gasteiger partial charge in [-0.2, -0.15) is 0 Å². The number of nitrogens with one attached hydrogen (secondary N) is 4. The molecular weight excluding hydrogens is 441 g/mol. The summed E-state index contributed by atoms with van der Waals surface area (Å²) in [5, 5.41) is 7.59. The fraction of sp³-hybridized carbons (Fsp3) is 0.429. The van der Waals surface area contributed by atoms with E-state index in [1.165, 1.54) is 25.7 Å². The van der Waals surface area contributed by atoms with Crippen LogP contribution in [0.25, 0.3) is 33.3 Å².